The van der Waals surface area contributed by atoms with Crippen LogP contribution >= 0.6 is 0 Å². The molecule has 0 aliphatic carbocycles. The topological polar surface area (TPSA) is 43.3 Å². The van der Waals surface area contributed by atoms with Crippen LogP contribution in [0.2, 0.25) is 0 Å². The summed E-state index contributed by atoms with van der Waals surface area (Å²) in [6.45, 7) is 6.20. The van der Waals surface area contributed by atoms with Crippen molar-refractivity contribution < 1.29 is 9.53 Å². The number of rotatable bonds is 3. The summed E-state index contributed by atoms with van der Waals surface area (Å²) in [6.07, 6.45) is 5.09. The third-order valence-corrected chi connectivity index (χ3v) is 2.70. The summed E-state index contributed by atoms with van der Waals surface area (Å²) in [5, 5.41) is 3.80. The summed E-state index contributed by atoms with van der Waals surface area (Å²) in [5.41, 5.74) is 0.698. The Bertz CT molecular complexity index is 621. The number of carbonyl (C=O) groups is 1. The highest BCUT2D eigenvalue weighted by molar-refractivity contribution is 5.79. The van der Waals surface area contributed by atoms with Crippen LogP contribution in [0.1, 0.15) is 20.8 Å². The zero-order valence-electron chi connectivity index (χ0n) is 12.1. The van der Waals surface area contributed by atoms with E-state index in [2.05, 4.69) is 28.1 Å². The van der Waals surface area contributed by atoms with Gasteiger partial charge in [-0.05, 0) is 44.4 Å². The Kier molecular flexibility index (Phi) is 4.13. The predicted octanol–water partition coefficient (Wildman–Crippen LogP) is 3.68. The number of nitrogens with one attached hydrogen (secondary N) is 1. The molecule has 0 unspecified atom stereocenters. The monoisotopic (exact) mass is 272 g/mol. The summed E-state index contributed by atoms with van der Waals surface area (Å²) in [7, 11) is 0. The molecule has 106 valence electrons. The van der Waals surface area contributed by atoms with Crippen molar-refractivity contribution in [3.05, 3.63) is 48.8 Å². The van der Waals surface area contributed by atoms with Crippen LogP contribution in [0.3, 0.4) is 0 Å². The molecule has 2 aromatic rings. The number of carbonyl (C=O) groups excluding carboxylic acids is 1. The van der Waals surface area contributed by atoms with Gasteiger partial charge in [-0.25, -0.2) is 4.79 Å². The SMILES string of the molecule is CC(C)(C)OC(=O)N/C=C/Cn1ccc2ccccc21. The zero-order chi connectivity index (χ0) is 14.6. The van der Waals surface area contributed by atoms with E-state index in [1.165, 1.54) is 10.9 Å². The third kappa shape index (κ3) is 3.88. The molecular weight excluding hydrogens is 252 g/mol. The van der Waals surface area contributed by atoms with Crippen LogP contribution in [0.5, 0.6) is 0 Å². The fourth-order valence-corrected chi connectivity index (χ4v) is 1.90. The van der Waals surface area contributed by atoms with Crippen molar-refractivity contribution in [1.82, 2.24) is 9.88 Å². The molecule has 2 rings (SSSR count). The van der Waals surface area contributed by atoms with Gasteiger partial charge in [-0.15, -0.1) is 0 Å². The van der Waals surface area contributed by atoms with Gasteiger partial charge in [0.05, 0.1) is 0 Å². The number of amides is 1. The molecule has 0 bridgehead atoms. The Morgan fingerprint density at radius 3 is 2.80 bits per heavy atom. The Morgan fingerprint density at radius 1 is 1.30 bits per heavy atom. The lowest BCUT2D eigenvalue weighted by atomic mass is 10.2. The standard InChI is InChI=1S/C16H20N2O2/c1-16(2,3)20-15(19)17-10-6-11-18-12-9-13-7-4-5-8-14(13)18/h4-10,12H,11H2,1-3H3,(H,17,19)/b10-6+. The number of para-hydroxylation sites is 1. The van der Waals surface area contributed by atoms with E-state index in [0.29, 0.717) is 6.54 Å². The molecular formula is C16H20N2O2. The summed E-state index contributed by atoms with van der Waals surface area (Å²) >= 11 is 0. The van der Waals surface area contributed by atoms with Crippen LogP contribution in [0.4, 0.5) is 4.79 Å². The highest BCUT2D eigenvalue weighted by Gasteiger charge is 2.14. The molecule has 4 nitrogen and oxygen atoms in total. The lowest BCUT2D eigenvalue weighted by Gasteiger charge is -2.18. The van der Waals surface area contributed by atoms with Crippen LogP contribution in [0, 0.1) is 0 Å². The van der Waals surface area contributed by atoms with Crippen LogP contribution in [0.25, 0.3) is 10.9 Å². The maximum absolute atomic E-state index is 11.4. The number of alkyl carbamates (subject to hydrolysis) is 1. The molecule has 1 amide bonds. The molecule has 0 saturated carbocycles. The van der Waals surface area contributed by atoms with Gasteiger partial charge in [-0.3, -0.25) is 5.32 Å². The van der Waals surface area contributed by atoms with E-state index in [0.717, 1.165) is 0 Å². The lowest BCUT2D eigenvalue weighted by molar-refractivity contribution is 0.0552. The first kappa shape index (κ1) is 14.2. The van der Waals surface area contributed by atoms with Gasteiger partial charge < -0.3 is 9.30 Å². The Hall–Kier alpha value is -2.23. The Balaban J connectivity index is 1.89. The molecule has 1 heterocycles. The highest BCUT2D eigenvalue weighted by atomic mass is 16.6. The van der Waals surface area contributed by atoms with Gasteiger partial charge >= 0.3 is 6.09 Å². The maximum Gasteiger partial charge on any atom is 0.411 e. The van der Waals surface area contributed by atoms with E-state index in [1.54, 1.807) is 6.20 Å². The number of aromatic nitrogens is 1. The molecule has 0 spiro atoms. The Labute approximate surface area is 119 Å². The fraction of sp³-hybridized carbons (Fsp3) is 0.312. The molecule has 0 fully saturated rings. The second-order valence-electron chi connectivity index (χ2n) is 5.58. The number of fused-ring (bicyclic) bond motifs is 1. The zero-order valence-corrected chi connectivity index (χ0v) is 12.1. The molecule has 1 N–H and O–H groups in total. The van der Waals surface area contributed by atoms with Crippen molar-refractivity contribution >= 4 is 17.0 Å². The van der Waals surface area contributed by atoms with Gasteiger partial charge in [0.25, 0.3) is 0 Å². The quantitative estimate of drug-likeness (QED) is 0.926. The van der Waals surface area contributed by atoms with Crippen LogP contribution in [-0.2, 0) is 11.3 Å². The molecule has 0 atom stereocenters. The van der Waals surface area contributed by atoms with Crippen molar-refractivity contribution in [2.45, 2.75) is 32.9 Å². The average Bonchev–Trinajstić information content (AvgIpc) is 2.76. The number of nitrogens with zero attached hydrogens (tertiary/aromatic N) is 1. The van der Waals surface area contributed by atoms with Crippen molar-refractivity contribution in [1.29, 1.82) is 0 Å². The van der Waals surface area contributed by atoms with Gasteiger partial charge in [0.15, 0.2) is 0 Å². The largest absolute Gasteiger partial charge is 0.444 e. The molecule has 4 heteroatoms. The van der Waals surface area contributed by atoms with Crippen LogP contribution in [0.15, 0.2) is 48.8 Å². The maximum atomic E-state index is 11.4. The molecule has 0 saturated heterocycles. The van der Waals surface area contributed by atoms with Crippen LogP contribution in [-0.4, -0.2) is 16.3 Å². The summed E-state index contributed by atoms with van der Waals surface area (Å²) in [6, 6.07) is 10.3. The third-order valence-electron chi connectivity index (χ3n) is 2.70. The van der Waals surface area contributed by atoms with Gasteiger partial charge in [0.2, 0.25) is 0 Å². The summed E-state index contributed by atoms with van der Waals surface area (Å²) in [4.78, 5) is 11.4. The molecule has 1 aromatic carbocycles. The van der Waals surface area contributed by atoms with E-state index < -0.39 is 11.7 Å². The number of hydrogen-bond donors (Lipinski definition) is 1. The molecule has 20 heavy (non-hydrogen) atoms. The normalized spacial score (nSPS) is 11.9. The van der Waals surface area contributed by atoms with Crippen molar-refractivity contribution in [2.24, 2.45) is 0 Å². The van der Waals surface area contributed by atoms with Gasteiger partial charge in [0, 0.05) is 24.5 Å². The first-order valence-corrected chi connectivity index (χ1v) is 6.64. The minimum Gasteiger partial charge on any atom is -0.444 e. The van der Waals surface area contributed by atoms with Crippen molar-refractivity contribution in [3.63, 3.8) is 0 Å². The average molecular weight is 272 g/mol. The molecule has 0 aliphatic heterocycles. The first-order chi connectivity index (χ1) is 9.46. The smallest absolute Gasteiger partial charge is 0.411 e. The second-order valence-corrected chi connectivity index (χ2v) is 5.58. The minimum atomic E-state index is -0.478. The number of allylic oxidation sites excluding steroid dienone is 1. The first-order valence-electron chi connectivity index (χ1n) is 6.64. The summed E-state index contributed by atoms with van der Waals surface area (Å²) < 4.78 is 7.25. The molecule has 0 aliphatic rings. The minimum absolute atomic E-state index is 0.439. The van der Waals surface area contributed by atoms with E-state index in [1.807, 2.05) is 45.2 Å². The Morgan fingerprint density at radius 2 is 2.05 bits per heavy atom. The second kappa shape index (κ2) is 5.82. The van der Waals surface area contributed by atoms with Gasteiger partial charge in [0.1, 0.15) is 5.60 Å². The van der Waals surface area contributed by atoms with E-state index in [9.17, 15) is 4.79 Å². The van der Waals surface area contributed by atoms with Crippen LogP contribution < -0.4 is 5.32 Å². The number of hydrogen-bond acceptors (Lipinski definition) is 2. The van der Waals surface area contributed by atoms with Gasteiger partial charge in [-0.1, -0.05) is 18.2 Å². The molecule has 0 radical (unpaired) electrons. The number of benzene rings is 1. The van der Waals surface area contributed by atoms with E-state index >= 15 is 0 Å². The van der Waals surface area contributed by atoms with E-state index in [4.69, 9.17) is 4.74 Å². The highest BCUT2D eigenvalue weighted by Crippen LogP contribution is 2.14. The van der Waals surface area contributed by atoms with E-state index in [-0.39, 0.29) is 0 Å². The fourth-order valence-electron chi connectivity index (χ4n) is 1.90. The summed E-state index contributed by atoms with van der Waals surface area (Å²) in [5.74, 6) is 0. The van der Waals surface area contributed by atoms with Gasteiger partial charge in [-0.2, -0.15) is 0 Å². The molecule has 1 aromatic heterocycles. The number of ether oxygens (including phenoxy) is 1. The van der Waals surface area contributed by atoms with Crippen molar-refractivity contribution in [3.8, 4) is 0 Å². The predicted molar refractivity (Wildman–Crippen MR) is 80.4 cm³/mol. The van der Waals surface area contributed by atoms with Crippen molar-refractivity contribution in [2.75, 3.05) is 0 Å². The lowest BCUT2D eigenvalue weighted by Crippen LogP contribution is -2.29.